The maximum Gasteiger partial charge on any atom is 0.264 e. The fourth-order valence-electron chi connectivity index (χ4n) is 1.82. The van der Waals surface area contributed by atoms with Crippen molar-refractivity contribution in [2.75, 3.05) is 5.75 Å². The van der Waals surface area contributed by atoms with Crippen molar-refractivity contribution < 1.29 is 8.42 Å². The van der Waals surface area contributed by atoms with Gasteiger partial charge in [-0.25, -0.2) is 13.5 Å². The smallest absolute Gasteiger partial charge is 0.264 e. The van der Waals surface area contributed by atoms with E-state index in [1.165, 1.54) is 12.1 Å². The molecule has 2 rings (SSSR count). The number of hydrogen-bond donors (Lipinski definition) is 1. The van der Waals surface area contributed by atoms with E-state index < -0.39 is 15.1 Å². The van der Waals surface area contributed by atoms with Gasteiger partial charge in [-0.2, -0.15) is 5.10 Å². The SMILES string of the molecule is O=c1ccc(C2CCCCS2(=O)=O)n[nH]1. The third-order valence-electron chi connectivity index (χ3n) is 2.61. The molecular weight excluding hydrogens is 216 g/mol. The monoisotopic (exact) mass is 228 g/mol. The zero-order valence-electron chi connectivity index (χ0n) is 8.14. The molecule has 1 fully saturated rings. The van der Waals surface area contributed by atoms with E-state index in [-0.39, 0.29) is 11.3 Å². The van der Waals surface area contributed by atoms with Crippen LogP contribution in [0.25, 0.3) is 0 Å². The fourth-order valence-corrected chi connectivity index (χ4v) is 3.74. The molecule has 1 saturated heterocycles. The Bertz CT molecular complexity index is 486. The summed E-state index contributed by atoms with van der Waals surface area (Å²) in [6.07, 6.45) is 2.22. The van der Waals surface area contributed by atoms with E-state index in [4.69, 9.17) is 0 Å². The molecule has 1 N–H and O–H groups in total. The Kier molecular flexibility index (Phi) is 2.60. The number of rotatable bonds is 1. The van der Waals surface area contributed by atoms with Crippen molar-refractivity contribution in [3.63, 3.8) is 0 Å². The first-order chi connectivity index (χ1) is 7.09. The molecule has 0 radical (unpaired) electrons. The summed E-state index contributed by atoms with van der Waals surface area (Å²) >= 11 is 0. The van der Waals surface area contributed by atoms with Crippen LogP contribution in [0.4, 0.5) is 0 Å². The van der Waals surface area contributed by atoms with Crippen molar-refractivity contribution in [1.82, 2.24) is 10.2 Å². The van der Waals surface area contributed by atoms with Crippen LogP contribution in [0.3, 0.4) is 0 Å². The molecule has 1 aliphatic heterocycles. The normalized spacial score (nSPS) is 24.9. The van der Waals surface area contributed by atoms with Crippen LogP contribution in [0.15, 0.2) is 16.9 Å². The van der Waals surface area contributed by atoms with Gasteiger partial charge in [0.05, 0.1) is 11.4 Å². The first-order valence-electron chi connectivity index (χ1n) is 4.87. The second-order valence-corrected chi connectivity index (χ2v) is 6.00. The minimum atomic E-state index is -3.07. The summed E-state index contributed by atoms with van der Waals surface area (Å²) in [6.45, 7) is 0. The standard InChI is InChI=1S/C9H12N2O3S/c12-9-5-4-7(10-11-9)8-3-1-2-6-15(8,13)14/h4-5,8H,1-3,6H2,(H,11,12). The highest BCUT2D eigenvalue weighted by Gasteiger charge is 2.31. The molecule has 6 heteroatoms. The summed E-state index contributed by atoms with van der Waals surface area (Å²) in [5, 5.41) is 5.51. The quantitative estimate of drug-likeness (QED) is 0.755. The van der Waals surface area contributed by atoms with Gasteiger partial charge in [0.1, 0.15) is 5.25 Å². The van der Waals surface area contributed by atoms with Crippen molar-refractivity contribution in [2.24, 2.45) is 0 Å². The van der Waals surface area contributed by atoms with Gasteiger partial charge in [0.2, 0.25) is 0 Å². The highest BCUT2D eigenvalue weighted by molar-refractivity contribution is 7.91. The summed E-state index contributed by atoms with van der Waals surface area (Å²) in [5.41, 5.74) is 0.140. The van der Waals surface area contributed by atoms with Crippen LogP contribution in [-0.4, -0.2) is 24.4 Å². The lowest BCUT2D eigenvalue weighted by atomic mass is 10.1. The largest absolute Gasteiger partial charge is 0.268 e. The number of nitrogens with zero attached hydrogens (tertiary/aromatic N) is 1. The molecule has 0 saturated carbocycles. The van der Waals surface area contributed by atoms with Gasteiger partial charge in [0, 0.05) is 6.07 Å². The van der Waals surface area contributed by atoms with E-state index >= 15 is 0 Å². The van der Waals surface area contributed by atoms with Crippen LogP contribution in [-0.2, 0) is 9.84 Å². The van der Waals surface area contributed by atoms with E-state index in [2.05, 4.69) is 10.2 Å². The van der Waals surface area contributed by atoms with Crippen molar-refractivity contribution >= 4 is 9.84 Å². The van der Waals surface area contributed by atoms with Crippen LogP contribution in [0.5, 0.6) is 0 Å². The van der Waals surface area contributed by atoms with E-state index in [0.29, 0.717) is 12.1 Å². The molecule has 5 nitrogen and oxygen atoms in total. The molecule has 0 amide bonds. The lowest BCUT2D eigenvalue weighted by molar-refractivity contribution is 0.540. The van der Waals surface area contributed by atoms with Crippen LogP contribution >= 0.6 is 0 Å². The Hall–Kier alpha value is -1.17. The molecule has 0 aliphatic carbocycles. The van der Waals surface area contributed by atoms with Gasteiger partial charge in [-0.1, -0.05) is 6.42 Å². The van der Waals surface area contributed by atoms with E-state index in [1.807, 2.05) is 0 Å². The molecule has 2 heterocycles. The van der Waals surface area contributed by atoms with Gasteiger partial charge in [0.15, 0.2) is 9.84 Å². The fraction of sp³-hybridized carbons (Fsp3) is 0.556. The third kappa shape index (κ3) is 2.09. The maximum absolute atomic E-state index is 11.7. The Balaban J connectivity index is 2.37. The van der Waals surface area contributed by atoms with Gasteiger partial charge in [-0.3, -0.25) is 4.79 Å². The van der Waals surface area contributed by atoms with E-state index in [0.717, 1.165) is 12.8 Å². The first kappa shape index (κ1) is 10.4. The molecule has 1 aromatic rings. The molecule has 1 atom stereocenters. The Morgan fingerprint density at radius 3 is 2.73 bits per heavy atom. The van der Waals surface area contributed by atoms with Crippen LogP contribution in [0.1, 0.15) is 30.2 Å². The highest BCUT2D eigenvalue weighted by Crippen LogP contribution is 2.31. The van der Waals surface area contributed by atoms with Gasteiger partial charge < -0.3 is 0 Å². The lowest BCUT2D eigenvalue weighted by Gasteiger charge is -2.20. The van der Waals surface area contributed by atoms with Crippen molar-refractivity contribution in [1.29, 1.82) is 0 Å². The summed E-state index contributed by atoms with van der Waals surface area (Å²) in [7, 11) is -3.07. The second kappa shape index (κ2) is 3.77. The molecular formula is C9H12N2O3S. The number of aromatic amines is 1. The zero-order chi connectivity index (χ0) is 10.9. The summed E-state index contributed by atoms with van der Waals surface area (Å²) in [6, 6.07) is 2.80. The molecule has 82 valence electrons. The Morgan fingerprint density at radius 1 is 1.33 bits per heavy atom. The van der Waals surface area contributed by atoms with Crippen LogP contribution in [0, 0.1) is 0 Å². The number of hydrogen-bond acceptors (Lipinski definition) is 4. The van der Waals surface area contributed by atoms with E-state index in [9.17, 15) is 13.2 Å². The molecule has 1 aromatic heterocycles. The lowest BCUT2D eigenvalue weighted by Crippen LogP contribution is -2.23. The van der Waals surface area contributed by atoms with Crippen molar-refractivity contribution in [3.8, 4) is 0 Å². The van der Waals surface area contributed by atoms with Gasteiger partial charge in [0.25, 0.3) is 5.56 Å². The van der Waals surface area contributed by atoms with Gasteiger partial charge in [-0.15, -0.1) is 0 Å². The maximum atomic E-state index is 11.7. The van der Waals surface area contributed by atoms with Crippen LogP contribution in [0.2, 0.25) is 0 Å². The van der Waals surface area contributed by atoms with Gasteiger partial charge >= 0.3 is 0 Å². The number of nitrogens with one attached hydrogen (secondary N) is 1. The number of sulfone groups is 1. The minimum absolute atomic E-state index is 0.221. The highest BCUT2D eigenvalue weighted by atomic mass is 32.2. The Morgan fingerprint density at radius 2 is 2.13 bits per heavy atom. The first-order valence-corrected chi connectivity index (χ1v) is 6.58. The Labute approximate surface area is 87.4 Å². The van der Waals surface area contributed by atoms with E-state index in [1.54, 1.807) is 0 Å². The summed E-state index contributed by atoms with van der Waals surface area (Å²) < 4.78 is 23.5. The predicted octanol–water partition coefficient (Wildman–Crippen LogP) is 0.410. The molecule has 15 heavy (non-hydrogen) atoms. The second-order valence-electron chi connectivity index (χ2n) is 3.70. The van der Waals surface area contributed by atoms with Gasteiger partial charge in [-0.05, 0) is 18.9 Å². The topological polar surface area (TPSA) is 79.9 Å². The molecule has 0 bridgehead atoms. The molecule has 1 unspecified atom stereocenters. The van der Waals surface area contributed by atoms with Crippen LogP contribution < -0.4 is 5.56 Å². The van der Waals surface area contributed by atoms with Crippen molar-refractivity contribution in [2.45, 2.75) is 24.5 Å². The summed E-state index contributed by atoms with van der Waals surface area (Å²) in [5.74, 6) is 0.221. The zero-order valence-corrected chi connectivity index (χ0v) is 8.96. The predicted molar refractivity (Wildman–Crippen MR) is 55.2 cm³/mol. The molecule has 0 spiro atoms. The average molecular weight is 228 g/mol. The number of H-pyrrole nitrogens is 1. The third-order valence-corrected chi connectivity index (χ3v) is 4.81. The average Bonchev–Trinajstić information content (AvgIpc) is 2.19. The number of aromatic nitrogens is 2. The minimum Gasteiger partial charge on any atom is -0.268 e. The molecule has 0 aromatic carbocycles. The molecule has 1 aliphatic rings. The van der Waals surface area contributed by atoms with Crippen molar-refractivity contribution in [3.05, 3.63) is 28.2 Å². The summed E-state index contributed by atoms with van der Waals surface area (Å²) in [4.78, 5) is 10.8.